The van der Waals surface area contributed by atoms with Crippen molar-refractivity contribution in [3.8, 4) is 0 Å². The van der Waals surface area contributed by atoms with Gasteiger partial charge in [0.25, 0.3) is 5.91 Å². The molecule has 1 aromatic carbocycles. The predicted octanol–water partition coefficient (Wildman–Crippen LogP) is 2.95. The summed E-state index contributed by atoms with van der Waals surface area (Å²) in [5.41, 5.74) is 0.763. The topological polar surface area (TPSA) is 41.1 Å². The molecule has 2 N–H and O–H groups in total. The van der Waals surface area contributed by atoms with Crippen molar-refractivity contribution in [1.82, 2.24) is 10.6 Å². The van der Waals surface area contributed by atoms with E-state index >= 15 is 0 Å². The zero-order chi connectivity index (χ0) is 13.5. The Balaban J connectivity index is 0.00000324. The van der Waals surface area contributed by atoms with Crippen LogP contribution < -0.4 is 10.6 Å². The highest BCUT2D eigenvalue weighted by Crippen LogP contribution is 2.26. The monoisotopic (exact) mass is 302 g/mol. The number of hydrogen-bond donors (Lipinski definition) is 2. The molecule has 0 radical (unpaired) electrons. The maximum Gasteiger partial charge on any atom is 0.252 e. The molecular formula is C14H23ClN2OS. The van der Waals surface area contributed by atoms with E-state index in [1.807, 2.05) is 38.2 Å². The third kappa shape index (κ3) is 6.32. The van der Waals surface area contributed by atoms with Gasteiger partial charge in [-0.1, -0.05) is 26.0 Å². The van der Waals surface area contributed by atoms with Crippen molar-refractivity contribution in [2.45, 2.75) is 37.0 Å². The molecular weight excluding hydrogens is 280 g/mol. The van der Waals surface area contributed by atoms with Crippen molar-refractivity contribution < 1.29 is 4.79 Å². The molecule has 1 unspecified atom stereocenters. The molecule has 108 valence electrons. The van der Waals surface area contributed by atoms with Gasteiger partial charge in [0.2, 0.25) is 0 Å². The smallest absolute Gasteiger partial charge is 0.252 e. The number of hydrogen-bond acceptors (Lipinski definition) is 3. The Morgan fingerprint density at radius 3 is 2.47 bits per heavy atom. The lowest BCUT2D eigenvalue weighted by Gasteiger charge is -2.14. The Morgan fingerprint density at radius 1 is 1.26 bits per heavy atom. The van der Waals surface area contributed by atoms with Crippen LogP contribution in [0.3, 0.4) is 0 Å². The first-order valence-electron chi connectivity index (χ1n) is 6.25. The van der Waals surface area contributed by atoms with E-state index in [1.165, 1.54) is 0 Å². The molecule has 0 saturated carbocycles. The van der Waals surface area contributed by atoms with Crippen LogP contribution in [0.2, 0.25) is 0 Å². The summed E-state index contributed by atoms with van der Waals surface area (Å²) in [5.74, 6) is 0.000787. The highest BCUT2D eigenvalue weighted by atomic mass is 35.5. The van der Waals surface area contributed by atoms with Gasteiger partial charge in [-0.3, -0.25) is 4.79 Å². The first-order chi connectivity index (χ1) is 8.54. The van der Waals surface area contributed by atoms with Gasteiger partial charge in [0.05, 0.1) is 5.56 Å². The van der Waals surface area contributed by atoms with Crippen molar-refractivity contribution in [3.63, 3.8) is 0 Å². The maximum absolute atomic E-state index is 12.1. The average Bonchev–Trinajstić information content (AvgIpc) is 2.35. The number of carbonyl (C=O) groups is 1. The van der Waals surface area contributed by atoms with Gasteiger partial charge in [-0.15, -0.1) is 24.2 Å². The summed E-state index contributed by atoms with van der Waals surface area (Å²) in [7, 11) is 1.89. The lowest BCUT2D eigenvalue weighted by atomic mass is 10.2. The number of halogens is 1. The molecule has 0 saturated heterocycles. The molecule has 1 rings (SSSR count). The average molecular weight is 303 g/mol. The molecule has 0 fully saturated rings. The SMILES string of the molecule is CNC(C)CNC(=O)c1ccccc1SC(C)C.Cl. The van der Waals surface area contributed by atoms with Crippen molar-refractivity contribution >= 4 is 30.1 Å². The first-order valence-corrected chi connectivity index (χ1v) is 7.13. The van der Waals surface area contributed by atoms with Crippen LogP contribution in [0, 0.1) is 0 Å². The second-order valence-corrected chi connectivity index (χ2v) is 6.18. The zero-order valence-corrected chi connectivity index (χ0v) is 13.5. The van der Waals surface area contributed by atoms with Crippen LogP contribution in [0.4, 0.5) is 0 Å². The molecule has 1 aromatic rings. The summed E-state index contributed by atoms with van der Waals surface area (Å²) in [4.78, 5) is 13.2. The number of thioether (sulfide) groups is 1. The maximum atomic E-state index is 12.1. The van der Waals surface area contributed by atoms with Crippen molar-refractivity contribution in [1.29, 1.82) is 0 Å². The summed E-state index contributed by atoms with van der Waals surface area (Å²) < 4.78 is 0. The third-order valence-electron chi connectivity index (χ3n) is 2.56. The van der Waals surface area contributed by atoms with Crippen molar-refractivity contribution in [3.05, 3.63) is 29.8 Å². The van der Waals surface area contributed by atoms with Gasteiger partial charge in [0, 0.05) is 22.7 Å². The van der Waals surface area contributed by atoms with Gasteiger partial charge < -0.3 is 10.6 Å². The standard InChI is InChI=1S/C14H22N2OS.ClH/c1-10(2)18-13-8-6-5-7-12(13)14(17)16-9-11(3)15-4;/h5-8,10-11,15H,9H2,1-4H3,(H,16,17);1H. The van der Waals surface area contributed by atoms with Gasteiger partial charge in [-0.05, 0) is 26.1 Å². The molecule has 0 aliphatic heterocycles. The number of rotatable bonds is 6. The third-order valence-corrected chi connectivity index (χ3v) is 3.64. The van der Waals surface area contributed by atoms with Crippen LogP contribution in [0.1, 0.15) is 31.1 Å². The minimum absolute atomic E-state index is 0. The first kappa shape index (κ1) is 18.3. The molecule has 0 spiro atoms. The molecule has 0 aromatic heterocycles. The van der Waals surface area contributed by atoms with Gasteiger partial charge in [-0.2, -0.15) is 0 Å². The number of nitrogens with one attached hydrogen (secondary N) is 2. The fourth-order valence-corrected chi connectivity index (χ4v) is 2.41. The van der Waals surface area contributed by atoms with Gasteiger partial charge >= 0.3 is 0 Å². The van der Waals surface area contributed by atoms with Crippen molar-refractivity contribution in [2.24, 2.45) is 0 Å². The molecule has 19 heavy (non-hydrogen) atoms. The van der Waals surface area contributed by atoms with Crippen LogP contribution in [-0.4, -0.2) is 30.8 Å². The largest absolute Gasteiger partial charge is 0.350 e. The van der Waals surface area contributed by atoms with E-state index in [4.69, 9.17) is 0 Å². The van der Waals surface area contributed by atoms with Crippen LogP contribution in [0.5, 0.6) is 0 Å². The second-order valence-electron chi connectivity index (χ2n) is 4.56. The van der Waals surface area contributed by atoms with Crippen LogP contribution in [-0.2, 0) is 0 Å². The second kappa shape index (κ2) is 9.23. The fourth-order valence-electron chi connectivity index (χ4n) is 1.45. The van der Waals surface area contributed by atoms with Crippen LogP contribution in [0.25, 0.3) is 0 Å². The van der Waals surface area contributed by atoms with Crippen LogP contribution >= 0.6 is 24.2 Å². The molecule has 0 bridgehead atoms. The fraction of sp³-hybridized carbons (Fsp3) is 0.500. The summed E-state index contributed by atoms with van der Waals surface area (Å²) in [6.45, 7) is 6.93. The Bertz CT molecular complexity index is 399. The van der Waals surface area contributed by atoms with E-state index in [0.29, 0.717) is 11.8 Å². The normalized spacial score (nSPS) is 11.8. The molecule has 5 heteroatoms. The van der Waals surface area contributed by atoms with E-state index in [9.17, 15) is 4.79 Å². The van der Waals surface area contributed by atoms with Crippen molar-refractivity contribution in [2.75, 3.05) is 13.6 Å². The predicted molar refractivity (Wildman–Crippen MR) is 85.5 cm³/mol. The summed E-state index contributed by atoms with van der Waals surface area (Å²) >= 11 is 1.72. The molecule has 3 nitrogen and oxygen atoms in total. The van der Waals surface area contributed by atoms with E-state index in [1.54, 1.807) is 11.8 Å². The minimum Gasteiger partial charge on any atom is -0.350 e. The van der Waals surface area contributed by atoms with E-state index < -0.39 is 0 Å². The lowest BCUT2D eigenvalue weighted by molar-refractivity contribution is 0.0947. The van der Waals surface area contributed by atoms with Gasteiger partial charge in [0.1, 0.15) is 0 Å². The molecule has 1 amide bonds. The van der Waals surface area contributed by atoms with Crippen LogP contribution in [0.15, 0.2) is 29.2 Å². The summed E-state index contributed by atoms with van der Waals surface area (Å²) in [6.07, 6.45) is 0. The van der Waals surface area contributed by atoms with E-state index in [-0.39, 0.29) is 24.4 Å². The molecule has 1 atom stereocenters. The lowest BCUT2D eigenvalue weighted by Crippen LogP contribution is -2.37. The van der Waals surface area contributed by atoms with Gasteiger partial charge in [0.15, 0.2) is 0 Å². The zero-order valence-electron chi connectivity index (χ0n) is 11.9. The van der Waals surface area contributed by atoms with E-state index in [0.717, 1.165) is 10.5 Å². The Kier molecular flexibility index (Phi) is 8.89. The molecule has 0 aliphatic rings. The number of benzene rings is 1. The molecule has 0 aliphatic carbocycles. The van der Waals surface area contributed by atoms with Gasteiger partial charge in [-0.25, -0.2) is 0 Å². The Hall–Kier alpha value is -0.710. The minimum atomic E-state index is 0. The Labute approximate surface area is 126 Å². The highest BCUT2D eigenvalue weighted by Gasteiger charge is 2.12. The summed E-state index contributed by atoms with van der Waals surface area (Å²) in [6, 6.07) is 8.03. The highest BCUT2D eigenvalue weighted by molar-refractivity contribution is 8.00. The Morgan fingerprint density at radius 2 is 1.89 bits per heavy atom. The quantitative estimate of drug-likeness (QED) is 0.794. The number of carbonyl (C=O) groups excluding carboxylic acids is 1. The molecule has 0 heterocycles. The summed E-state index contributed by atoms with van der Waals surface area (Å²) in [5, 5.41) is 6.51. The number of likely N-dealkylation sites (N-methyl/N-ethyl adjacent to an activating group) is 1. The number of amides is 1. The van der Waals surface area contributed by atoms with E-state index in [2.05, 4.69) is 24.5 Å².